The van der Waals surface area contributed by atoms with Crippen molar-refractivity contribution in [3.8, 4) is 5.75 Å². The minimum Gasteiger partial charge on any atom is -0.497 e. The van der Waals surface area contributed by atoms with Crippen molar-refractivity contribution < 1.29 is 18.7 Å². The molecule has 0 saturated heterocycles. The van der Waals surface area contributed by atoms with E-state index in [4.69, 9.17) is 9.15 Å². The number of fused-ring (bicyclic) bond motifs is 1. The number of rotatable bonds is 4. The zero-order valence-corrected chi connectivity index (χ0v) is 14.0. The summed E-state index contributed by atoms with van der Waals surface area (Å²) in [6.07, 6.45) is 0.142. The molecule has 0 fully saturated rings. The highest BCUT2D eigenvalue weighted by atomic mass is 16.5. The van der Waals surface area contributed by atoms with E-state index in [0.29, 0.717) is 5.58 Å². The van der Waals surface area contributed by atoms with Crippen molar-refractivity contribution in [3.05, 3.63) is 65.4 Å². The van der Waals surface area contributed by atoms with Gasteiger partial charge < -0.3 is 9.15 Å². The first-order valence-electron chi connectivity index (χ1n) is 7.78. The summed E-state index contributed by atoms with van der Waals surface area (Å²) in [7, 11) is 1.58. The van der Waals surface area contributed by atoms with Gasteiger partial charge in [-0.3, -0.25) is 20.4 Å². The molecule has 1 aromatic heterocycles. The number of amides is 2. The van der Waals surface area contributed by atoms with Crippen molar-refractivity contribution in [3.63, 3.8) is 0 Å². The van der Waals surface area contributed by atoms with Crippen LogP contribution in [0.4, 0.5) is 0 Å². The van der Waals surface area contributed by atoms with Gasteiger partial charge in [0.1, 0.15) is 11.3 Å². The number of hydrazine groups is 1. The van der Waals surface area contributed by atoms with Crippen molar-refractivity contribution in [2.75, 3.05) is 7.11 Å². The predicted molar refractivity (Wildman–Crippen MR) is 93.3 cm³/mol. The third-order valence-corrected chi connectivity index (χ3v) is 3.89. The first kappa shape index (κ1) is 16.6. The van der Waals surface area contributed by atoms with Gasteiger partial charge in [-0.1, -0.05) is 30.3 Å². The summed E-state index contributed by atoms with van der Waals surface area (Å²) in [4.78, 5) is 24.2. The van der Waals surface area contributed by atoms with Gasteiger partial charge in [0.05, 0.1) is 13.5 Å². The molecule has 3 aromatic rings. The van der Waals surface area contributed by atoms with Crippen molar-refractivity contribution in [1.29, 1.82) is 0 Å². The van der Waals surface area contributed by atoms with Crippen LogP contribution in [-0.2, 0) is 11.2 Å². The second-order valence-corrected chi connectivity index (χ2v) is 5.58. The summed E-state index contributed by atoms with van der Waals surface area (Å²) in [5, 5.41) is 0.872. The Labute approximate surface area is 144 Å². The average Bonchev–Trinajstić information content (AvgIpc) is 2.97. The highest BCUT2D eigenvalue weighted by Crippen LogP contribution is 2.24. The fraction of sp³-hybridized carbons (Fsp3) is 0.158. The number of ether oxygens (including phenoxy) is 1. The number of aryl methyl sites for hydroxylation is 1. The monoisotopic (exact) mass is 338 g/mol. The Morgan fingerprint density at radius 3 is 2.44 bits per heavy atom. The highest BCUT2D eigenvalue weighted by molar-refractivity contribution is 5.99. The first-order valence-corrected chi connectivity index (χ1v) is 7.78. The van der Waals surface area contributed by atoms with Crippen LogP contribution < -0.4 is 15.6 Å². The number of para-hydroxylation sites is 1. The van der Waals surface area contributed by atoms with E-state index in [1.165, 1.54) is 0 Å². The Morgan fingerprint density at radius 2 is 1.76 bits per heavy atom. The van der Waals surface area contributed by atoms with Crippen molar-refractivity contribution in [2.45, 2.75) is 13.3 Å². The minimum absolute atomic E-state index is 0.142. The second-order valence-electron chi connectivity index (χ2n) is 5.58. The number of furan rings is 1. The molecule has 25 heavy (non-hydrogen) atoms. The van der Waals surface area contributed by atoms with Crippen LogP contribution >= 0.6 is 0 Å². The molecule has 0 aliphatic heterocycles. The van der Waals surface area contributed by atoms with Crippen LogP contribution in [0.25, 0.3) is 11.0 Å². The zero-order valence-electron chi connectivity index (χ0n) is 14.0. The molecule has 3 rings (SSSR count). The van der Waals surface area contributed by atoms with E-state index in [9.17, 15) is 9.59 Å². The molecule has 2 aromatic carbocycles. The quantitative estimate of drug-likeness (QED) is 0.717. The van der Waals surface area contributed by atoms with E-state index in [2.05, 4.69) is 10.9 Å². The number of carbonyl (C=O) groups excluding carboxylic acids is 2. The minimum atomic E-state index is -0.489. The highest BCUT2D eigenvalue weighted by Gasteiger charge is 2.17. The Balaban J connectivity index is 1.60. The van der Waals surface area contributed by atoms with Crippen molar-refractivity contribution in [1.82, 2.24) is 10.9 Å². The van der Waals surface area contributed by atoms with E-state index in [1.54, 1.807) is 44.4 Å². The first-order chi connectivity index (χ1) is 12.1. The molecular weight excluding hydrogens is 320 g/mol. The van der Waals surface area contributed by atoms with E-state index in [-0.39, 0.29) is 18.1 Å². The number of hydrogen-bond donors (Lipinski definition) is 2. The molecule has 1 heterocycles. The standard InChI is InChI=1S/C19H18N2O4/c1-12-15-5-3-4-6-16(15)25-18(12)19(23)21-20-17(22)11-13-7-9-14(24-2)10-8-13/h3-10H,11H2,1-2H3,(H,20,22)(H,21,23). The Kier molecular flexibility index (Phi) is 4.70. The molecule has 0 bridgehead atoms. The van der Waals surface area contributed by atoms with Crippen molar-refractivity contribution in [2.24, 2.45) is 0 Å². The maximum atomic E-state index is 12.2. The van der Waals surface area contributed by atoms with E-state index < -0.39 is 5.91 Å². The van der Waals surface area contributed by atoms with Gasteiger partial charge in [-0.25, -0.2) is 0 Å². The molecule has 0 atom stereocenters. The third kappa shape index (κ3) is 3.63. The Morgan fingerprint density at radius 1 is 1.04 bits per heavy atom. The molecule has 0 unspecified atom stereocenters. The maximum Gasteiger partial charge on any atom is 0.305 e. The maximum absolute atomic E-state index is 12.2. The smallest absolute Gasteiger partial charge is 0.305 e. The number of benzene rings is 2. The molecule has 0 radical (unpaired) electrons. The topological polar surface area (TPSA) is 80.6 Å². The van der Waals surface area contributed by atoms with Crippen LogP contribution in [0.3, 0.4) is 0 Å². The fourth-order valence-electron chi connectivity index (χ4n) is 2.55. The molecule has 0 spiro atoms. The zero-order chi connectivity index (χ0) is 17.8. The van der Waals surface area contributed by atoms with Crippen molar-refractivity contribution >= 4 is 22.8 Å². The lowest BCUT2D eigenvalue weighted by atomic mass is 10.1. The normalized spacial score (nSPS) is 10.5. The lowest BCUT2D eigenvalue weighted by Gasteiger charge is -2.07. The Hall–Kier alpha value is -3.28. The van der Waals surface area contributed by atoms with Crippen LogP contribution in [0.5, 0.6) is 5.75 Å². The SMILES string of the molecule is COc1ccc(CC(=O)NNC(=O)c2oc3ccccc3c2C)cc1. The van der Waals surface area contributed by atoms with Crippen LogP contribution in [0, 0.1) is 6.92 Å². The van der Waals surface area contributed by atoms with Gasteiger partial charge >= 0.3 is 5.91 Å². The molecule has 2 N–H and O–H groups in total. The second kappa shape index (κ2) is 7.09. The summed E-state index contributed by atoms with van der Waals surface area (Å²) < 4.78 is 10.6. The lowest BCUT2D eigenvalue weighted by molar-refractivity contribution is -0.121. The van der Waals surface area contributed by atoms with Crippen LogP contribution in [-0.4, -0.2) is 18.9 Å². The van der Waals surface area contributed by atoms with Gasteiger partial charge in [0.15, 0.2) is 5.76 Å². The summed E-state index contributed by atoms with van der Waals surface area (Å²) >= 11 is 0. The average molecular weight is 338 g/mol. The van der Waals surface area contributed by atoms with E-state index >= 15 is 0 Å². The van der Waals surface area contributed by atoms with E-state index in [1.807, 2.05) is 18.2 Å². The van der Waals surface area contributed by atoms with Gasteiger partial charge in [-0.15, -0.1) is 0 Å². The number of nitrogens with one attached hydrogen (secondary N) is 2. The largest absolute Gasteiger partial charge is 0.497 e. The lowest BCUT2D eigenvalue weighted by Crippen LogP contribution is -2.42. The molecule has 6 nitrogen and oxygen atoms in total. The van der Waals surface area contributed by atoms with Gasteiger partial charge in [-0.2, -0.15) is 0 Å². The van der Waals surface area contributed by atoms with E-state index in [0.717, 1.165) is 22.3 Å². The third-order valence-electron chi connectivity index (χ3n) is 3.89. The predicted octanol–water partition coefficient (Wildman–Crippen LogP) is 2.75. The van der Waals surface area contributed by atoms with Gasteiger partial charge in [0.2, 0.25) is 5.91 Å². The van der Waals surface area contributed by atoms with Gasteiger partial charge in [0, 0.05) is 10.9 Å². The molecule has 0 aliphatic carbocycles. The molecule has 2 amide bonds. The van der Waals surface area contributed by atoms with Crippen LogP contribution in [0.1, 0.15) is 21.7 Å². The fourth-order valence-corrected chi connectivity index (χ4v) is 2.55. The number of hydrogen-bond acceptors (Lipinski definition) is 4. The summed E-state index contributed by atoms with van der Waals surface area (Å²) in [6.45, 7) is 1.81. The summed E-state index contributed by atoms with van der Waals surface area (Å²) in [5.74, 6) is 0.0906. The molecular formula is C19H18N2O4. The summed E-state index contributed by atoms with van der Waals surface area (Å²) in [5.41, 5.74) is 6.97. The van der Waals surface area contributed by atoms with Gasteiger partial charge in [-0.05, 0) is 30.7 Å². The number of methoxy groups -OCH3 is 1. The Bertz CT molecular complexity index is 913. The van der Waals surface area contributed by atoms with Crippen LogP contribution in [0.2, 0.25) is 0 Å². The molecule has 0 saturated carbocycles. The molecule has 128 valence electrons. The van der Waals surface area contributed by atoms with Gasteiger partial charge in [0.25, 0.3) is 0 Å². The number of carbonyl (C=O) groups is 2. The molecule has 6 heteroatoms. The van der Waals surface area contributed by atoms with Crippen LogP contribution in [0.15, 0.2) is 52.9 Å². The molecule has 0 aliphatic rings. The summed E-state index contributed by atoms with van der Waals surface area (Å²) in [6, 6.07) is 14.5.